The smallest absolute Gasteiger partial charge is 0.319 e. The monoisotopic (exact) mass is 825 g/mol. The van der Waals surface area contributed by atoms with Crippen LogP contribution in [-0.4, -0.2) is 137 Å². The molecule has 2 aromatic carbocycles. The molecule has 0 bridgehead atoms. The number of carbonyl (C=O) groups excluding carboxylic acids is 6. The maximum Gasteiger partial charge on any atom is 0.319 e. The number of methoxy groups -OCH3 is 1. The Kier molecular flexibility index (Phi) is 13.7. The van der Waals surface area contributed by atoms with Crippen molar-refractivity contribution in [1.82, 2.24) is 30.7 Å². The van der Waals surface area contributed by atoms with Crippen LogP contribution in [-0.2, 0) is 35.1 Å². The van der Waals surface area contributed by atoms with E-state index in [0.29, 0.717) is 49.7 Å². The molecule has 0 radical (unpaired) electrons. The predicted molar refractivity (Wildman–Crippen MR) is 209 cm³/mol. The summed E-state index contributed by atoms with van der Waals surface area (Å²) in [6, 6.07) is 1.71. The summed E-state index contributed by atoms with van der Waals surface area (Å²) < 4.78 is 40.1. The molecule has 16 nitrogen and oxygen atoms in total. The Hall–Kier alpha value is -5.36. The Labute approximate surface area is 341 Å². The highest BCUT2D eigenvalue weighted by Crippen LogP contribution is 2.29. The summed E-state index contributed by atoms with van der Waals surface area (Å²) in [5.41, 5.74) is 0.373. The maximum absolute atomic E-state index is 14.7. The Morgan fingerprint density at radius 3 is 2.32 bits per heavy atom. The molecule has 59 heavy (non-hydrogen) atoms. The highest BCUT2D eigenvalue weighted by molar-refractivity contribution is 5.98. The van der Waals surface area contributed by atoms with Gasteiger partial charge in [0.2, 0.25) is 29.5 Å². The molecule has 2 aromatic rings. The van der Waals surface area contributed by atoms with E-state index in [1.54, 1.807) is 43.0 Å². The number of nitrogens with zero attached hydrogens (tertiary/aromatic N) is 3. The number of carbonyl (C=O) groups is 6. The molecule has 18 heteroatoms. The lowest BCUT2D eigenvalue weighted by Gasteiger charge is -2.39. The third-order valence-corrected chi connectivity index (χ3v) is 11.5. The summed E-state index contributed by atoms with van der Waals surface area (Å²) >= 11 is 0. The molecule has 0 spiro atoms. The summed E-state index contributed by atoms with van der Waals surface area (Å²) in [6.45, 7) is 5.43. The maximum atomic E-state index is 14.7. The molecule has 4 fully saturated rings. The molecule has 7 amide bonds. The van der Waals surface area contributed by atoms with E-state index >= 15 is 0 Å². The van der Waals surface area contributed by atoms with Crippen LogP contribution in [0.3, 0.4) is 0 Å². The minimum atomic E-state index is -1.52. The Balaban J connectivity index is 1.33. The van der Waals surface area contributed by atoms with Crippen molar-refractivity contribution in [3.8, 4) is 5.75 Å². The van der Waals surface area contributed by atoms with Crippen LogP contribution in [0.5, 0.6) is 5.75 Å². The second kappa shape index (κ2) is 18.7. The van der Waals surface area contributed by atoms with Gasteiger partial charge in [-0.15, -0.1) is 0 Å². The van der Waals surface area contributed by atoms with Crippen molar-refractivity contribution >= 4 is 41.3 Å². The van der Waals surface area contributed by atoms with Gasteiger partial charge in [0.25, 0.3) is 0 Å². The first-order valence-corrected chi connectivity index (χ1v) is 20.1. The van der Waals surface area contributed by atoms with Gasteiger partial charge in [0.15, 0.2) is 0 Å². The zero-order valence-electron chi connectivity index (χ0n) is 33.6. The second-order valence-electron chi connectivity index (χ2n) is 16.0. The molecule has 4 aliphatic rings. The zero-order chi connectivity index (χ0) is 42.5. The minimum Gasteiger partial charge on any atom is -0.497 e. The summed E-state index contributed by atoms with van der Waals surface area (Å²) in [5.74, 6) is -4.26. The van der Waals surface area contributed by atoms with Gasteiger partial charge in [0, 0.05) is 44.2 Å². The SMILES string of the molecule is COc1ccc(NC(=O)N[C@@H](Cc2cc(F)cc(F)c2)C(=O)N[C@@H]2C(=O)N3C[C@H](O)C[C@H]3C(=O)N3CCCC[C@H]3C(=O)N[C@@H](C)C(=O)N3C[C@H](C)C[C@H]3CO[C@H]2C)cc1. The largest absolute Gasteiger partial charge is 0.497 e. The van der Waals surface area contributed by atoms with Gasteiger partial charge >= 0.3 is 6.03 Å². The lowest BCUT2D eigenvalue weighted by atomic mass is 9.98. The van der Waals surface area contributed by atoms with E-state index in [2.05, 4.69) is 21.3 Å². The number of amides is 7. The Morgan fingerprint density at radius 1 is 0.915 bits per heavy atom. The van der Waals surface area contributed by atoms with Gasteiger partial charge < -0.3 is 50.5 Å². The van der Waals surface area contributed by atoms with E-state index in [1.165, 1.54) is 16.9 Å². The molecule has 4 saturated heterocycles. The highest BCUT2D eigenvalue weighted by atomic mass is 19.1. The van der Waals surface area contributed by atoms with Crippen molar-refractivity contribution in [2.45, 2.75) is 108 Å². The van der Waals surface area contributed by atoms with Gasteiger partial charge in [0.05, 0.1) is 32.0 Å². The lowest BCUT2D eigenvalue weighted by molar-refractivity contribution is -0.153. The molecule has 0 saturated carbocycles. The van der Waals surface area contributed by atoms with Crippen molar-refractivity contribution in [1.29, 1.82) is 0 Å². The van der Waals surface area contributed by atoms with Gasteiger partial charge in [-0.2, -0.15) is 0 Å². The molecule has 0 aromatic heterocycles. The first-order chi connectivity index (χ1) is 28.1. The van der Waals surface area contributed by atoms with Crippen molar-refractivity contribution in [2.24, 2.45) is 5.92 Å². The predicted octanol–water partition coefficient (Wildman–Crippen LogP) is 1.69. The number of hydrogen-bond donors (Lipinski definition) is 5. The molecular formula is C41H53F2N7O9. The number of aliphatic hydroxyl groups is 1. The number of nitrogens with one attached hydrogen (secondary N) is 4. The fourth-order valence-electron chi connectivity index (χ4n) is 8.49. The average molecular weight is 826 g/mol. The number of hydrogen-bond acceptors (Lipinski definition) is 9. The van der Waals surface area contributed by atoms with E-state index in [9.17, 15) is 42.7 Å². The van der Waals surface area contributed by atoms with Crippen LogP contribution in [0.25, 0.3) is 0 Å². The normalized spacial score (nSPS) is 28.6. The fourth-order valence-corrected chi connectivity index (χ4v) is 8.49. The summed E-state index contributed by atoms with van der Waals surface area (Å²) in [5, 5.41) is 21.6. The van der Waals surface area contributed by atoms with Crippen LogP contribution < -0.4 is 26.0 Å². The molecule has 6 rings (SSSR count). The van der Waals surface area contributed by atoms with E-state index in [-0.39, 0.29) is 43.5 Å². The Morgan fingerprint density at radius 2 is 1.63 bits per heavy atom. The molecular weight excluding hydrogens is 772 g/mol. The molecule has 5 N–H and O–H groups in total. The van der Waals surface area contributed by atoms with Crippen LogP contribution >= 0.6 is 0 Å². The number of urea groups is 1. The number of rotatable bonds is 7. The van der Waals surface area contributed by atoms with Crippen molar-refractivity contribution in [3.63, 3.8) is 0 Å². The number of halogens is 2. The summed E-state index contributed by atoms with van der Waals surface area (Å²) in [6.07, 6.45) is -0.575. The van der Waals surface area contributed by atoms with Crippen LogP contribution in [0.15, 0.2) is 42.5 Å². The minimum absolute atomic E-state index is 0.0313. The number of ether oxygens (including phenoxy) is 2. The zero-order valence-corrected chi connectivity index (χ0v) is 33.6. The average Bonchev–Trinajstić information content (AvgIpc) is 3.78. The van der Waals surface area contributed by atoms with Crippen LogP contribution in [0.2, 0.25) is 0 Å². The first kappa shape index (κ1) is 43.2. The van der Waals surface area contributed by atoms with Crippen molar-refractivity contribution < 1.29 is 52.1 Å². The molecule has 320 valence electrons. The summed E-state index contributed by atoms with van der Waals surface area (Å²) in [7, 11) is 1.48. The van der Waals surface area contributed by atoms with E-state index in [0.717, 1.165) is 12.1 Å². The number of anilines is 1. The van der Waals surface area contributed by atoms with Gasteiger partial charge in [-0.05, 0) is 87.4 Å². The molecule has 0 aliphatic carbocycles. The molecule has 4 heterocycles. The number of benzene rings is 2. The van der Waals surface area contributed by atoms with Crippen LogP contribution in [0.4, 0.5) is 19.3 Å². The van der Waals surface area contributed by atoms with Crippen LogP contribution in [0, 0.1) is 17.6 Å². The topological polar surface area (TPSA) is 199 Å². The summed E-state index contributed by atoms with van der Waals surface area (Å²) in [4.78, 5) is 88.5. The third kappa shape index (κ3) is 10.3. The third-order valence-electron chi connectivity index (χ3n) is 11.5. The lowest BCUT2D eigenvalue weighted by Crippen LogP contribution is -2.63. The van der Waals surface area contributed by atoms with Crippen molar-refractivity contribution in [2.75, 3.05) is 38.7 Å². The van der Waals surface area contributed by atoms with E-state index in [1.807, 2.05) is 6.92 Å². The number of fused-ring (bicyclic) bond motifs is 3. The standard InChI is InChI=1S/C41H53F2N7O9/c1-22-13-29-21-59-24(3)35(47-36(52)32(16-25-14-26(42)17-27(43)15-25)46-41(57)45-28-8-10-31(58-4)11-9-28)40(56)50-20-30(51)18-34(50)39(55)48-12-6-5-7-33(48)37(53)44-23(2)38(54)49(29)19-22/h8-11,14-15,17,22-24,29-30,32-35,51H,5-7,12-13,16,18-21H2,1-4H3,(H,44,53)(H,47,52)(H2,45,46,57)/t22-,23+,24+,29+,30-,32+,33+,34+,35+/m1/s1. The molecule has 4 aliphatic heterocycles. The van der Waals surface area contributed by atoms with Gasteiger partial charge in [-0.3, -0.25) is 24.0 Å². The van der Waals surface area contributed by atoms with Gasteiger partial charge in [-0.25, -0.2) is 13.6 Å². The van der Waals surface area contributed by atoms with E-state index < -0.39 is 96.2 Å². The van der Waals surface area contributed by atoms with Gasteiger partial charge in [-0.1, -0.05) is 6.92 Å². The highest BCUT2D eigenvalue weighted by Gasteiger charge is 2.47. The first-order valence-electron chi connectivity index (χ1n) is 20.1. The van der Waals surface area contributed by atoms with Crippen LogP contribution in [0.1, 0.15) is 58.4 Å². The number of piperidine rings is 1. The molecule has 0 unspecified atom stereocenters. The molecule has 9 atom stereocenters. The van der Waals surface area contributed by atoms with Gasteiger partial charge in [0.1, 0.15) is 47.6 Å². The fraction of sp³-hybridized carbons (Fsp3) is 0.561. The Bertz CT molecular complexity index is 1880. The number of aliphatic hydroxyl groups excluding tert-OH is 1. The quantitative estimate of drug-likeness (QED) is 0.276. The van der Waals surface area contributed by atoms with Crippen molar-refractivity contribution in [3.05, 3.63) is 59.7 Å². The van der Waals surface area contributed by atoms with E-state index in [4.69, 9.17) is 9.47 Å². The second-order valence-corrected chi connectivity index (χ2v) is 16.0.